The Morgan fingerprint density at radius 1 is 1.50 bits per heavy atom. The molecule has 1 fully saturated rings. The molecule has 3 N–H and O–H groups in total. The minimum Gasteiger partial charge on any atom is -0.394 e. The molecule has 6 heteroatoms. The highest BCUT2D eigenvalue weighted by Crippen LogP contribution is 2.54. The van der Waals surface area contributed by atoms with Gasteiger partial charge >= 0.3 is 0 Å². The largest absolute Gasteiger partial charge is 0.394 e. The number of aliphatic hydroxyl groups is 1. The topological polar surface area (TPSA) is 80.4 Å². The van der Waals surface area contributed by atoms with E-state index in [-0.39, 0.29) is 5.75 Å². The molecule has 2 rings (SSSR count). The number of nitrogens with two attached hydrogens (primary N) is 1. The van der Waals surface area contributed by atoms with Crippen molar-refractivity contribution < 1.29 is 17.9 Å². The quantitative estimate of drug-likeness (QED) is 0.833. The van der Waals surface area contributed by atoms with Crippen LogP contribution in [0.15, 0.2) is 24.3 Å². The fraction of sp³-hybridized carbons (Fsp3) is 0.500. The number of hydrogen-bond donors (Lipinski definition) is 2. The molecule has 0 radical (unpaired) electrons. The van der Waals surface area contributed by atoms with Crippen LogP contribution in [0.2, 0.25) is 0 Å². The molecule has 4 nitrogen and oxygen atoms in total. The van der Waals surface area contributed by atoms with Crippen molar-refractivity contribution in [3.63, 3.8) is 0 Å². The molecule has 1 aliphatic carbocycles. The van der Waals surface area contributed by atoms with E-state index < -0.39 is 39.0 Å². The molecule has 0 aliphatic heterocycles. The standard InChI is InChI=1S/C12H16FNO3S/c1-2-18(16,17)11-10(12(11,14)7-15)8-4-3-5-9(13)6-8/h3-6,10-11,15H,2,7,14H2,1H3/t10-,11+,12-/m0/s1. The fourth-order valence-corrected chi connectivity index (χ4v) is 4.51. The highest BCUT2D eigenvalue weighted by molar-refractivity contribution is 7.92. The summed E-state index contributed by atoms with van der Waals surface area (Å²) in [6, 6.07) is 5.70. The van der Waals surface area contributed by atoms with Gasteiger partial charge in [-0.15, -0.1) is 0 Å². The van der Waals surface area contributed by atoms with Crippen molar-refractivity contribution in [3.05, 3.63) is 35.6 Å². The first kappa shape index (κ1) is 13.5. The lowest BCUT2D eigenvalue weighted by Gasteiger charge is -2.07. The molecule has 1 saturated carbocycles. The van der Waals surface area contributed by atoms with Gasteiger partial charge in [-0.25, -0.2) is 12.8 Å². The second-order valence-electron chi connectivity index (χ2n) is 4.68. The summed E-state index contributed by atoms with van der Waals surface area (Å²) in [5.41, 5.74) is 5.26. The van der Waals surface area contributed by atoms with Gasteiger partial charge in [-0.05, 0) is 17.7 Å². The van der Waals surface area contributed by atoms with E-state index in [2.05, 4.69) is 0 Å². The Labute approximate surface area is 106 Å². The predicted octanol–water partition coefficient (Wildman–Crippen LogP) is 0.416. The van der Waals surface area contributed by atoms with E-state index >= 15 is 0 Å². The van der Waals surface area contributed by atoms with E-state index in [1.54, 1.807) is 6.07 Å². The molecular weight excluding hydrogens is 257 g/mol. The van der Waals surface area contributed by atoms with Crippen LogP contribution in [0.3, 0.4) is 0 Å². The number of rotatable bonds is 4. The molecule has 0 bridgehead atoms. The molecule has 0 spiro atoms. The van der Waals surface area contributed by atoms with Crippen LogP contribution in [0.4, 0.5) is 4.39 Å². The lowest BCUT2D eigenvalue weighted by atomic mass is 10.1. The van der Waals surface area contributed by atoms with E-state index in [9.17, 15) is 17.9 Å². The summed E-state index contributed by atoms with van der Waals surface area (Å²) < 4.78 is 37.0. The van der Waals surface area contributed by atoms with Gasteiger partial charge in [-0.3, -0.25) is 0 Å². The third-order valence-electron chi connectivity index (χ3n) is 3.57. The van der Waals surface area contributed by atoms with Gasteiger partial charge in [0.05, 0.1) is 17.4 Å². The first-order valence-electron chi connectivity index (χ1n) is 5.73. The third kappa shape index (κ3) is 1.94. The maximum absolute atomic E-state index is 13.2. The molecule has 0 amide bonds. The minimum atomic E-state index is -3.36. The Morgan fingerprint density at radius 3 is 2.67 bits per heavy atom. The molecule has 1 aliphatic rings. The highest BCUT2D eigenvalue weighted by Gasteiger charge is 2.68. The van der Waals surface area contributed by atoms with Gasteiger partial charge in [0.15, 0.2) is 9.84 Å². The van der Waals surface area contributed by atoms with Crippen LogP contribution in [0.25, 0.3) is 0 Å². The summed E-state index contributed by atoms with van der Waals surface area (Å²) in [6.07, 6.45) is 0. The van der Waals surface area contributed by atoms with Gasteiger partial charge in [0.25, 0.3) is 0 Å². The molecule has 0 heterocycles. The lowest BCUT2D eigenvalue weighted by molar-refractivity contribution is 0.253. The van der Waals surface area contributed by atoms with Gasteiger partial charge < -0.3 is 10.8 Å². The Morgan fingerprint density at radius 2 is 2.17 bits per heavy atom. The molecular formula is C12H16FNO3S. The van der Waals surface area contributed by atoms with Crippen LogP contribution in [-0.2, 0) is 9.84 Å². The van der Waals surface area contributed by atoms with Gasteiger partial charge in [0.1, 0.15) is 5.82 Å². The van der Waals surface area contributed by atoms with Gasteiger partial charge in [-0.1, -0.05) is 19.1 Å². The van der Waals surface area contributed by atoms with Gasteiger partial charge in [0.2, 0.25) is 0 Å². The first-order valence-corrected chi connectivity index (χ1v) is 7.45. The average Bonchev–Trinajstić information content (AvgIpc) is 2.98. The van der Waals surface area contributed by atoms with E-state index in [1.165, 1.54) is 25.1 Å². The van der Waals surface area contributed by atoms with Crippen molar-refractivity contribution in [3.8, 4) is 0 Å². The summed E-state index contributed by atoms with van der Waals surface area (Å²) >= 11 is 0. The minimum absolute atomic E-state index is 0.0393. The molecule has 0 aromatic heterocycles. The van der Waals surface area contributed by atoms with Gasteiger partial charge in [-0.2, -0.15) is 0 Å². The Balaban J connectivity index is 2.40. The van der Waals surface area contributed by atoms with Gasteiger partial charge in [0, 0.05) is 11.7 Å². The van der Waals surface area contributed by atoms with Crippen LogP contribution in [0.1, 0.15) is 18.4 Å². The Hall–Kier alpha value is -0.980. The second-order valence-corrected chi connectivity index (χ2v) is 7.09. The summed E-state index contributed by atoms with van der Waals surface area (Å²) in [4.78, 5) is 0. The van der Waals surface area contributed by atoms with Crippen molar-refractivity contribution >= 4 is 9.84 Å². The number of aliphatic hydroxyl groups excluding tert-OH is 1. The highest BCUT2D eigenvalue weighted by atomic mass is 32.2. The van der Waals surface area contributed by atoms with Crippen LogP contribution in [0, 0.1) is 5.82 Å². The average molecular weight is 273 g/mol. The molecule has 0 unspecified atom stereocenters. The van der Waals surface area contributed by atoms with Crippen LogP contribution in [0.5, 0.6) is 0 Å². The first-order chi connectivity index (χ1) is 8.36. The molecule has 0 saturated heterocycles. The number of benzene rings is 1. The van der Waals surface area contributed by atoms with E-state index in [1.807, 2.05) is 0 Å². The molecule has 1 aromatic carbocycles. The summed E-state index contributed by atoms with van der Waals surface area (Å²) in [6.45, 7) is 1.10. The number of sulfone groups is 1. The maximum atomic E-state index is 13.2. The Bertz CT molecular complexity index is 560. The van der Waals surface area contributed by atoms with Crippen molar-refractivity contribution in [1.29, 1.82) is 0 Å². The number of halogens is 1. The van der Waals surface area contributed by atoms with Crippen LogP contribution < -0.4 is 5.73 Å². The summed E-state index contributed by atoms with van der Waals surface area (Å²) in [7, 11) is -3.36. The monoisotopic (exact) mass is 273 g/mol. The molecule has 18 heavy (non-hydrogen) atoms. The van der Waals surface area contributed by atoms with Crippen LogP contribution >= 0.6 is 0 Å². The zero-order chi connectivity index (χ0) is 13.6. The summed E-state index contributed by atoms with van der Waals surface area (Å²) in [5.74, 6) is -1.02. The Kier molecular flexibility index (Phi) is 3.21. The van der Waals surface area contributed by atoms with E-state index in [4.69, 9.17) is 5.73 Å². The normalized spacial score (nSPS) is 31.3. The van der Waals surface area contributed by atoms with E-state index in [0.717, 1.165) is 0 Å². The predicted molar refractivity (Wildman–Crippen MR) is 66.4 cm³/mol. The van der Waals surface area contributed by atoms with Crippen molar-refractivity contribution in [2.75, 3.05) is 12.4 Å². The van der Waals surface area contributed by atoms with Crippen LogP contribution in [-0.4, -0.2) is 36.7 Å². The smallest absolute Gasteiger partial charge is 0.155 e. The lowest BCUT2D eigenvalue weighted by Crippen LogP contribution is -2.35. The van der Waals surface area contributed by atoms with E-state index in [0.29, 0.717) is 5.56 Å². The zero-order valence-electron chi connectivity index (χ0n) is 10.0. The zero-order valence-corrected chi connectivity index (χ0v) is 10.8. The number of hydrogen-bond acceptors (Lipinski definition) is 4. The second kappa shape index (κ2) is 4.29. The molecule has 1 aromatic rings. The molecule has 3 atom stereocenters. The van der Waals surface area contributed by atoms with Crippen molar-refractivity contribution in [2.45, 2.75) is 23.6 Å². The SMILES string of the molecule is CCS(=O)(=O)[C@@H]1[C@H](c2cccc(F)c2)[C@@]1(N)CO. The van der Waals surface area contributed by atoms with Crippen molar-refractivity contribution in [2.24, 2.45) is 5.73 Å². The fourth-order valence-electron chi connectivity index (χ4n) is 2.52. The van der Waals surface area contributed by atoms with Crippen molar-refractivity contribution in [1.82, 2.24) is 0 Å². The maximum Gasteiger partial charge on any atom is 0.155 e. The third-order valence-corrected chi connectivity index (χ3v) is 5.86. The molecule has 100 valence electrons. The summed E-state index contributed by atoms with van der Waals surface area (Å²) in [5, 5.41) is 8.48.